The maximum atomic E-state index is 8.87. The second kappa shape index (κ2) is 10.2. The molecule has 4 rings (SSSR count). The van der Waals surface area contributed by atoms with Gasteiger partial charge in [-0.2, -0.15) is 4.98 Å². The van der Waals surface area contributed by atoms with Gasteiger partial charge >= 0.3 is 0 Å². The zero-order valence-electron chi connectivity index (χ0n) is 17.3. The number of benzene rings is 2. The van der Waals surface area contributed by atoms with Crippen molar-refractivity contribution in [3.63, 3.8) is 0 Å². The summed E-state index contributed by atoms with van der Waals surface area (Å²) in [6.45, 7) is 0.113. The molecule has 0 amide bonds. The zero-order chi connectivity index (χ0) is 22.2. The van der Waals surface area contributed by atoms with Gasteiger partial charge in [0.1, 0.15) is 17.3 Å². The first-order chi connectivity index (χ1) is 15.7. The van der Waals surface area contributed by atoms with Crippen LogP contribution in [0.1, 0.15) is 12.1 Å². The zero-order valence-corrected chi connectivity index (χ0v) is 17.3. The lowest BCUT2D eigenvalue weighted by Gasteiger charge is -2.10. The molecule has 32 heavy (non-hydrogen) atoms. The van der Waals surface area contributed by atoms with E-state index in [1.54, 1.807) is 12.3 Å². The molecule has 2 aromatic carbocycles. The fourth-order valence-electron chi connectivity index (χ4n) is 3.04. The molecule has 7 nitrogen and oxygen atoms in total. The van der Waals surface area contributed by atoms with Crippen LogP contribution < -0.4 is 15.8 Å². The van der Waals surface area contributed by atoms with E-state index in [0.29, 0.717) is 23.7 Å². The van der Waals surface area contributed by atoms with Crippen LogP contribution in [0.5, 0.6) is 11.5 Å². The second-order valence-electron chi connectivity index (χ2n) is 6.95. The molecule has 7 heteroatoms. The summed E-state index contributed by atoms with van der Waals surface area (Å²) >= 11 is 0. The number of nitrogens with one attached hydrogen (secondary N) is 1. The number of hydrogen-bond acceptors (Lipinski definition) is 7. The summed E-state index contributed by atoms with van der Waals surface area (Å²) in [5, 5.41) is 12.1. The summed E-state index contributed by atoms with van der Waals surface area (Å²) < 4.78 is 5.93. The average Bonchev–Trinajstić information content (AvgIpc) is 2.81. The van der Waals surface area contributed by atoms with Crippen LogP contribution in [0.2, 0.25) is 0 Å². The van der Waals surface area contributed by atoms with E-state index in [2.05, 4.69) is 20.3 Å². The number of aliphatic hydroxyl groups is 1. The van der Waals surface area contributed by atoms with Crippen LogP contribution in [-0.2, 0) is 0 Å². The van der Waals surface area contributed by atoms with Crippen LogP contribution in [0.25, 0.3) is 17.3 Å². The highest BCUT2D eigenvalue weighted by Crippen LogP contribution is 2.26. The van der Waals surface area contributed by atoms with Crippen LogP contribution >= 0.6 is 0 Å². The molecule has 0 saturated carbocycles. The van der Waals surface area contributed by atoms with Crippen molar-refractivity contribution in [2.24, 2.45) is 0 Å². The molecule has 0 aliphatic heterocycles. The minimum atomic E-state index is 0.113. The Morgan fingerprint density at radius 1 is 0.938 bits per heavy atom. The first-order valence-electron chi connectivity index (χ1n) is 10.2. The summed E-state index contributed by atoms with van der Waals surface area (Å²) in [5.41, 5.74) is 9.24. The van der Waals surface area contributed by atoms with Crippen molar-refractivity contribution in [3.8, 4) is 22.8 Å². The maximum Gasteiger partial charge on any atom is 0.222 e. The van der Waals surface area contributed by atoms with E-state index in [-0.39, 0.29) is 12.6 Å². The van der Waals surface area contributed by atoms with Gasteiger partial charge < -0.3 is 20.9 Å². The molecule has 4 N–H and O–H groups in total. The van der Waals surface area contributed by atoms with Gasteiger partial charge in [0.2, 0.25) is 5.95 Å². The monoisotopic (exact) mass is 425 g/mol. The Hall–Kier alpha value is -4.23. The van der Waals surface area contributed by atoms with Gasteiger partial charge in [0, 0.05) is 36.2 Å². The molecular weight excluding hydrogens is 402 g/mol. The van der Waals surface area contributed by atoms with Crippen LogP contribution in [0.3, 0.4) is 0 Å². The van der Waals surface area contributed by atoms with Crippen molar-refractivity contribution < 1.29 is 9.84 Å². The number of rotatable bonds is 8. The molecule has 2 heterocycles. The molecule has 2 aromatic heterocycles. The largest absolute Gasteiger partial charge is 0.457 e. The summed E-state index contributed by atoms with van der Waals surface area (Å²) in [6, 6.07) is 22.9. The summed E-state index contributed by atoms with van der Waals surface area (Å²) in [7, 11) is 0. The second-order valence-corrected chi connectivity index (χ2v) is 6.95. The third-order valence-corrected chi connectivity index (χ3v) is 4.51. The molecular formula is C25H23N5O2. The standard InChI is InChI=1S/C25H23N5O2/c26-25-29-23(18-6-2-1-3-7-18)17-24(30-25)28-19-9-11-21(12-10-19)32-22-13-14-27-20(16-22)8-4-5-15-31/h1-4,6-14,16-17,31H,5,15H2,(H3,26,28,29,30). The number of anilines is 3. The molecule has 4 aromatic rings. The molecule has 0 saturated heterocycles. The lowest BCUT2D eigenvalue weighted by Crippen LogP contribution is -2.01. The fourth-order valence-corrected chi connectivity index (χ4v) is 3.04. The topological polar surface area (TPSA) is 106 Å². The highest BCUT2D eigenvalue weighted by molar-refractivity contribution is 5.67. The van der Waals surface area contributed by atoms with E-state index < -0.39 is 0 Å². The van der Waals surface area contributed by atoms with Gasteiger partial charge in [-0.25, -0.2) is 4.98 Å². The Kier molecular flexibility index (Phi) is 6.69. The van der Waals surface area contributed by atoms with Crippen LogP contribution in [0.4, 0.5) is 17.5 Å². The number of nitrogens with two attached hydrogens (primary N) is 1. The third kappa shape index (κ3) is 5.68. The number of nitrogen functional groups attached to an aromatic ring is 1. The minimum Gasteiger partial charge on any atom is -0.457 e. The van der Waals surface area contributed by atoms with Crippen LogP contribution in [0, 0.1) is 0 Å². The quantitative estimate of drug-likeness (QED) is 0.362. The smallest absolute Gasteiger partial charge is 0.222 e. The molecule has 0 fully saturated rings. The average molecular weight is 425 g/mol. The predicted molar refractivity (Wildman–Crippen MR) is 127 cm³/mol. The van der Waals surface area contributed by atoms with Gasteiger partial charge in [0.05, 0.1) is 11.4 Å². The summed E-state index contributed by atoms with van der Waals surface area (Å²) in [6.07, 6.45) is 6.00. The Labute approximate surface area is 186 Å². The van der Waals surface area contributed by atoms with E-state index in [0.717, 1.165) is 22.6 Å². The molecule has 0 aliphatic carbocycles. The summed E-state index contributed by atoms with van der Waals surface area (Å²) in [5.74, 6) is 2.19. The van der Waals surface area contributed by atoms with Gasteiger partial charge in [0.15, 0.2) is 0 Å². The van der Waals surface area contributed by atoms with E-state index in [1.807, 2.05) is 78.9 Å². The van der Waals surface area contributed by atoms with Crippen molar-refractivity contribution in [2.75, 3.05) is 17.7 Å². The van der Waals surface area contributed by atoms with Crippen LogP contribution in [0.15, 0.2) is 85.1 Å². The van der Waals surface area contributed by atoms with Gasteiger partial charge in [-0.15, -0.1) is 0 Å². The molecule has 0 unspecified atom stereocenters. The first kappa shape index (κ1) is 21.0. The third-order valence-electron chi connectivity index (χ3n) is 4.51. The van der Waals surface area contributed by atoms with Gasteiger partial charge in [-0.05, 0) is 42.8 Å². The van der Waals surface area contributed by atoms with Gasteiger partial charge in [0.25, 0.3) is 0 Å². The highest BCUT2D eigenvalue weighted by Gasteiger charge is 2.06. The van der Waals surface area contributed by atoms with Crippen molar-refractivity contribution in [1.29, 1.82) is 0 Å². The number of nitrogens with zero attached hydrogens (tertiary/aromatic N) is 3. The number of hydrogen-bond donors (Lipinski definition) is 3. The Morgan fingerprint density at radius 2 is 1.75 bits per heavy atom. The highest BCUT2D eigenvalue weighted by atomic mass is 16.5. The van der Waals surface area contributed by atoms with Crippen LogP contribution in [-0.4, -0.2) is 26.7 Å². The van der Waals surface area contributed by atoms with Gasteiger partial charge in [-0.1, -0.05) is 36.4 Å². The number of aromatic nitrogens is 3. The summed E-state index contributed by atoms with van der Waals surface area (Å²) in [4.78, 5) is 12.9. The SMILES string of the molecule is Nc1nc(Nc2ccc(Oc3ccnc(C=CCCO)c3)cc2)cc(-c2ccccc2)n1. The van der Waals surface area contributed by atoms with Crippen molar-refractivity contribution in [3.05, 3.63) is 90.8 Å². The lowest BCUT2D eigenvalue weighted by molar-refractivity contribution is 0.303. The maximum absolute atomic E-state index is 8.87. The first-order valence-corrected chi connectivity index (χ1v) is 10.2. The number of pyridine rings is 1. The molecule has 0 atom stereocenters. The molecule has 0 spiro atoms. The van der Waals surface area contributed by atoms with Crippen molar-refractivity contribution in [2.45, 2.75) is 6.42 Å². The van der Waals surface area contributed by atoms with Gasteiger partial charge in [-0.3, -0.25) is 4.98 Å². The number of ether oxygens (including phenoxy) is 1. The molecule has 0 aliphatic rings. The van der Waals surface area contributed by atoms with Crippen molar-refractivity contribution in [1.82, 2.24) is 15.0 Å². The fraction of sp³-hybridized carbons (Fsp3) is 0.0800. The normalized spacial score (nSPS) is 10.9. The van der Waals surface area contributed by atoms with E-state index in [4.69, 9.17) is 15.6 Å². The molecule has 0 radical (unpaired) electrons. The molecule has 0 bridgehead atoms. The Bertz CT molecular complexity index is 1190. The van der Waals surface area contributed by atoms with E-state index in [9.17, 15) is 0 Å². The lowest BCUT2D eigenvalue weighted by atomic mass is 10.1. The number of aliphatic hydroxyl groups excluding tert-OH is 1. The van der Waals surface area contributed by atoms with E-state index >= 15 is 0 Å². The predicted octanol–water partition coefficient (Wildman–Crippen LogP) is 5.05. The molecule has 160 valence electrons. The van der Waals surface area contributed by atoms with E-state index in [1.165, 1.54) is 0 Å². The Balaban J connectivity index is 1.45. The Morgan fingerprint density at radius 3 is 2.53 bits per heavy atom. The van der Waals surface area contributed by atoms with Crippen molar-refractivity contribution >= 4 is 23.5 Å². The minimum absolute atomic E-state index is 0.113.